The van der Waals surface area contributed by atoms with Crippen molar-refractivity contribution in [1.82, 2.24) is 15.1 Å². The van der Waals surface area contributed by atoms with Crippen molar-refractivity contribution in [3.05, 3.63) is 59.2 Å². The first kappa shape index (κ1) is 26.5. The maximum absolute atomic E-state index is 12.0. The van der Waals surface area contributed by atoms with Gasteiger partial charge in [0.15, 0.2) is 5.96 Å². The van der Waals surface area contributed by atoms with E-state index in [1.165, 1.54) is 0 Å². The average molecular weight is 540 g/mol. The molecule has 0 aromatic heterocycles. The van der Waals surface area contributed by atoms with Crippen LogP contribution < -0.4 is 14.8 Å². The Bertz CT molecular complexity index is 870. The van der Waals surface area contributed by atoms with E-state index >= 15 is 0 Å². The van der Waals surface area contributed by atoms with Crippen LogP contribution >= 0.6 is 24.0 Å². The average Bonchev–Trinajstić information content (AvgIpc) is 2.76. The molecule has 0 heterocycles. The Hall–Kier alpha value is -2.49. The molecule has 0 fully saturated rings. The van der Waals surface area contributed by atoms with Crippen LogP contribution in [-0.2, 0) is 13.1 Å². The summed E-state index contributed by atoms with van der Waals surface area (Å²) in [5.41, 5.74) is 2.75. The monoisotopic (exact) mass is 540 g/mol. The molecule has 170 valence electrons. The molecule has 0 aliphatic carbocycles. The van der Waals surface area contributed by atoms with Gasteiger partial charge in [-0.05, 0) is 36.8 Å². The highest BCUT2D eigenvalue weighted by Gasteiger charge is 2.12. The number of aliphatic imine (C=N–C) groups is 1. The third-order valence-electron chi connectivity index (χ3n) is 4.62. The normalized spacial score (nSPS) is 10.7. The zero-order valence-corrected chi connectivity index (χ0v) is 21.5. The minimum absolute atomic E-state index is 0. The first-order valence-corrected chi connectivity index (χ1v) is 9.90. The fourth-order valence-corrected chi connectivity index (χ4v) is 2.96. The molecule has 0 saturated heterocycles. The van der Waals surface area contributed by atoms with Crippen LogP contribution in [0, 0.1) is 0 Å². The van der Waals surface area contributed by atoms with Gasteiger partial charge in [-0.2, -0.15) is 0 Å². The first-order valence-electron chi connectivity index (χ1n) is 9.90. The summed E-state index contributed by atoms with van der Waals surface area (Å²) >= 11 is 0. The zero-order chi connectivity index (χ0) is 22.1. The van der Waals surface area contributed by atoms with Crippen LogP contribution in [-0.4, -0.2) is 63.6 Å². The van der Waals surface area contributed by atoms with Crippen LogP contribution in [0.1, 0.15) is 28.4 Å². The van der Waals surface area contributed by atoms with Gasteiger partial charge in [-0.15, -0.1) is 24.0 Å². The summed E-state index contributed by atoms with van der Waals surface area (Å²) < 4.78 is 10.8. The molecule has 0 spiro atoms. The molecule has 2 aromatic rings. The lowest BCUT2D eigenvalue weighted by Gasteiger charge is -2.23. The highest BCUT2D eigenvalue weighted by atomic mass is 127. The van der Waals surface area contributed by atoms with Crippen molar-refractivity contribution in [2.45, 2.75) is 20.0 Å². The minimum atomic E-state index is -0.00781. The van der Waals surface area contributed by atoms with Crippen LogP contribution in [0.25, 0.3) is 0 Å². The number of amides is 1. The minimum Gasteiger partial charge on any atom is -0.497 e. The summed E-state index contributed by atoms with van der Waals surface area (Å²) in [6.45, 7) is 3.95. The lowest BCUT2D eigenvalue weighted by Crippen LogP contribution is -2.38. The van der Waals surface area contributed by atoms with Gasteiger partial charge in [0, 0.05) is 51.4 Å². The smallest absolute Gasteiger partial charge is 0.253 e. The predicted octanol–water partition coefficient (Wildman–Crippen LogP) is 3.62. The van der Waals surface area contributed by atoms with Crippen LogP contribution in [0.2, 0.25) is 0 Å². The topological polar surface area (TPSA) is 66.4 Å². The molecule has 0 radical (unpaired) electrons. The van der Waals surface area contributed by atoms with Crippen LogP contribution in [0.3, 0.4) is 0 Å². The Kier molecular flexibility index (Phi) is 11.2. The van der Waals surface area contributed by atoms with Gasteiger partial charge < -0.3 is 24.6 Å². The van der Waals surface area contributed by atoms with E-state index in [9.17, 15) is 4.79 Å². The molecule has 2 rings (SSSR count). The molecule has 1 amide bonds. The van der Waals surface area contributed by atoms with Gasteiger partial charge in [-0.25, -0.2) is 4.99 Å². The number of guanidine groups is 1. The Morgan fingerprint density at radius 1 is 1.03 bits per heavy atom. The molecule has 0 aliphatic rings. The Labute approximate surface area is 202 Å². The maximum Gasteiger partial charge on any atom is 0.253 e. The van der Waals surface area contributed by atoms with Crippen LogP contribution in [0.5, 0.6) is 11.5 Å². The molecule has 0 unspecified atom stereocenters. The highest BCUT2D eigenvalue weighted by Crippen LogP contribution is 2.25. The van der Waals surface area contributed by atoms with Crippen LogP contribution in [0.4, 0.5) is 0 Å². The summed E-state index contributed by atoms with van der Waals surface area (Å²) in [7, 11) is 8.78. The Balaban J connectivity index is 0.00000480. The number of hydrogen-bond donors (Lipinski definition) is 1. The first-order chi connectivity index (χ1) is 14.4. The summed E-state index contributed by atoms with van der Waals surface area (Å²) in [6.07, 6.45) is 0. The number of nitrogens with zero attached hydrogens (tertiary/aromatic N) is 3. The number of methoxy groups -OCH3 is 2. The van der Waals surface area contributed by atoms with Gasteiger partial charge >= 0.3 is 0 Å². The van der Waals surface area contributed by atoms with E-state index in [2.05, 4.69) is 10.2 Å². The number of halogens is 1. The predicted molar refractivity (Wildman–Crippen MR) is 136 cm³/mol. The van der Waals surface area contributed by atoms with E-state index < -0.39 is 0 Å². The van der Waals surface area contributed by atoms with E-state index in [0.29, 0.717) is 18.7 Å². The molecule has 31 heavy (non-hydrogen) atoms. The summed E-state index contributed by atoms with van der Waals surface area (Å²) in [5, 5.41) is 3.33. The largest absolute Gasteiger partial charge is 0.497 e. The van der Waals surface area contributed by atoms with Crippen molar-refractivity contribution < 1.29 is 14.3 Å². The van der Waals surface area contributed by atoms with Crippen LogP contribution in [0.15, 0.2) is 47.5 Å². The number of carbonyl (C=O) groups excluding carboxylic acids is 1. The van der Waals surface area contributed by atoms with Gasteiger partial charge in [0.1, 0.15) is 11.5 Å². The van der Waals surface area contributed by atoms with Crippen molar-refractivity contribution in [1.29, 1.82) is 0 Å². The molecule has 0 bridgehead atoms. The second-order valence-corrected chi connectivity index (χ2v) is 7.10. The molecular formula is C23H33IN4O3. The molecule has 0 atom stereocenters. The fourth-order valence-electron chi connectivity index (χ4n) is 2.96. The molecule has 2 aromatic carbocycles. The van der Waals surface area contributed by atoms with Crippen molar-refractivity contribution in [2.75, 3.05) is 41.9 Å². The highest BCUT2D eigenvalue weighted by molar-refractivity contribution is 14.0. The second-order valence-electron chi connectivity index (χ2n) is 7.10. The van der Waals surface area contributed by atoms with Crippen molar-refractivity contribution in [2.24, 2.45) is 4.99 Å². The number of carbonyl (C=O) groups is 1. The van der Waals surface area contributed by atoms with E-state index in [4.69, 9.17) is 14.5 Å². The van der Waals surface area contributed by atoms with E-state index in [-0.39, 0.29) is 29.9 Å². The van der Waals surface area contributed by atoms with E-state index in [1.807, 2.05) is 56.4 Å². The summed E-state index contributed by atoms with van der Waals surface area (Å²) in [6, 6.07) is 13.4. The van der Waals surface area contributed by atoms with Gasteiger partial charge in [0.05, 0.1) is 20.8 Å². The Morgan fingerprint density at radius 2 is 1.71 bits per heavy atom. The number of rotatable bonds is 8. The van der Waals surface area contributed by atoms with Gasteiger partial charge in [-0.1, -0.05) is 12.1 Å². The second kappa shape index (κ2) is 13.0. The number of ether oxygens (including phenoxy) is 2. The zero-order valence-electron chi connectivity index (χ0n) is 19.1. The Morgan fingerprint density at radius 3 is 2.26 bits per heavy atom. The number of benzene rings is 2. The number of nitrogens with one attached hydrogen (secondary N) is 1. The van der Waals surface area contributed by atoms with Crippen molar-refractivity contribution in [3.63, 3.8) is 0 Å². The molecule has 1 N–H and O–H groups in total. The summed E-state index contributed by atoms with van der Waals surface area (Å²) in [5.74, 6) is 2.32. The molecule has 7 nitrogen and oxygen atoms in total. The third-order valence-corrected chi connectivity index (χ3v) is 4.62. The molecular weight excluding hydrogens is 507 g/mol. The lowest BCUT2D eigenvalue weighted by molar-refractivity contribution is 0.0827. The van der Waals surface area contributed by atoms with Crippen molar-refractivity contribution in [3.8, 4) is 11.5 Å². The SMILES string of the molecule is CCNC(=NCc1ccc(C(=O)N(C)C)cc1)N(C)Cc1ccc(OC)cc1OC.I. The quantitative estimate of drug-likeness (QED) is 0.315. The molecule has 0 aliphatic heterocycles. The summed E-state index contributed by atoms with van der Waals surface area (Å²) in [4.78, 5) is 20.4. The number of hydrogen-bond acceptors (Lipinski definition) is 4. The molecule has 8 heteroatoms. The van der Waals surface area contributed by atoms with Gasteiger partial charge in [-0.3, -0.25) is 4.79 Å². The van der Waals surface area contributed by atoms with E-state index in [1.54, 1.807) is 33.2 Å². The standard InChI is InChI=1S/C23H32N4O3.HI/c1-7-24-23(25-15-17-8-10-18(11-9-17)22(28)26(2)3)27(4)16-19-12-13-20(29-5)14-21(19)30-6;/h8-14H,7,15-16H2,1-6H3,(H,24,25);1H. The fraction of sp³-hybridized carbons (Fsp3) is 0.391. The van der Waals surface area contributed by atoms with Crippen molar-refractivity contribution >= 4 is 35.8 Å². The maximum atomic E-state index is 12.0. The molecule has 0 saturated carbocycles. The van der Waals surface area contributed by atoms with Gasteiger partial charge in [0.25, 0.3) is 5.91 Å². The van der Waals surface area contributed by atoms with Gasteiger partial charge in [0.2, 0.25) is 0 Å². The van der Waals surface area contributed by atoms with E-state index in [0.717, 1.165) is 35.1 Å². The third kappa shape index (κ3) is 7.61. The lowest BCUT2D eigenvalue weighted by atomic mass is 10.1.